The van der Waals surface area contributed by atoms with E-state index in [0.717, 1.165) is 68.7 Å². The standard InChI is InChI=1S/C34H47N9O4S/c1-22(2)43-27(15-16-36-43)31(44)39-30(25-9-7-5-6-8-10-25)33(46)37-26-13-11-24(12-14-26)23(3)29(38-32(45)28-21-35-40-48-28)34(47)42-19-17-41(4)18-20-42/h11-16,21-23,25,29-30H,5-10,17-20H2,1-4H3,(H,37,46)(H,38,45)(H,39,44)/t23-,29+,30-/m0/s1. The van der Waals surface area contributed by atoms with Crippen molar-refractivity contribution >= 4 is 40.8 Å². The second kappa shape index (κ2) is 16.3. The summed E-state index contributed by atoms with van der Waals surface area (Å²) < 4.78 is 5.45. The summed E-state index contributed by atoms with van der Waals surface area (Å²) in [5.41, 5.74) is 1.84. The minimum atomic E-state index is -0.808. The van der Waals surface area contributed by atoms with Crippen LogP contribution >= 0.6 is 11.5 Å². The van der Waals surface area contributed by atoms with Crippen LogP contribution in [0.25, 0.3) is 0 Å². The molecule has 0 unspecified atom stereocenters. The molecule has 258 valence electrons. The fourth-order valence-corrected chi connectivity index (χ4v) is 6.97. The Morgan fingerprint density at radius 2 is 1.56 bits per heavy atom. The monoisotopic (exact) mass is 677 g/mol. The van der Waals surface area contributed by atoms with Crippen molar-refractivity contribution in [3.8, 4) is 0 Å². The number of anilines is 1. The van der Waals surface area contributed by atoms with Crippen LogP contribution in [0, 0.1) is 5.92 Å². The maximum atomic E-state index is 13.8. The third kappa shape index (κ3) is 8.64. The predicted molar refractivity (Wildman–Crippen MR) is 184 cm³/mol. The van der Waals surface area contributed by atoms with Crippen LogP contribution in [0.3, 0.4) is 0 Å². The van der Waals surface area contributed by atoms with Crippen LogP contribution in [0.1, 0.15) is 97.0 Å². The molecule has 1 aliphatic carbocycles. The lowest BCUT2D eigenvalue weighted by Gasteiger charge is -2.36. The van der Waals surface area contributed by atoms with Crippen molar-refractivity contribution in [2.24, 2.45) is 5.92 Å². The largest absolute Gasteiger partial charge is 0.339 e. The van der Waals surface area contributed by atoms with Crippen molar-refractivity contribution in [1.29, 1.82) is 0 Å². The molecular weight excluding hydrogens is 630 g/mol. The second-order valence-electron chi connectivity index (χ2n) is 13.2. The van der Waals surface area contributed by atoms with Crippen LogP contribution < -0.4 is 16.0 Å². The summed E-state index contributed by atoms with van der Waals surface area (Å²) in [5.74, 6) is -1.46. The molecule has 5 rings (SSSR count). The molecule has 4 amide bonds. The van der Waals surface area contributed by atoms with Crippen molar-refractivity contribution in [2.75, 3.05) is 38.5 Å². The van der Waals surface area contributed by atoms with E-state index in [1.54, 1.807) is 34.0 Å². The molecule has 0 radical (unpaired) electrons. The van der Waals surface area contributed by atoms with Gasteiger partial charge in [0.1, 0.15) is 22.7 Å². The smallest absolute Gasteiger partial charge is 0.270 e. The Bertz CT molecular complexity index is 1530. The van der Waals surface area contributed by atoms with Gasteiger partial charge in [0.05, 0.1) is 6.20 Å². The van der Waals surface area contributed by atoms with Crippen LogP contribution in [0.15, 0.2) is 42.7 Å². The fraction of sp³-hybridized carbons (Fsp3) is 0.559. The van der Waals surface area contributed by atoms with Crippen molar-refractivity contribution in [3.05, 3.63) is 58.9 Å². The minimum absolute atomic E-state index is 0.00120. The van der Waals surface area contributed by atoms with Crippen molar-refractivity contribution < 1.29 is 19.2 Å². The third-order valence-corrected chi connectivity index (χ3v) is 10.2. The summed E-state index contributed by atoms with van der Waals surface area (Å²) in [4.78, 5) is 58.4. The van der Waals surface area contributed by atoms with E-state index in [0.29, 0.717) is 29.3 Å². The topological polar surface area (TPSA) is 154 Å². The highest BCUT2D eigenvalue weighted by molar-refractivity contribution is 7.07. The Morgan fingerprint density at radius 1 is 0.875 bits per heavy atom. The number of hydrogen-bond donors (Lipinski definition) is 3. The number of piperazine rings is 1. The lowest BCUT2D eigenvalue weighted by Crippen LogP contribution is -2.55. The molecule has 2 aromatic heterocycles. The molecule has 48 heavy (non-hydrogen) atoms. The highest BCUT2D eigenvalue weighted by Gasteiger charge is 2.34. The van der Waals surface area contributed by atoms with Gasteiger partial charge in [-0.15, -0.1) is 5.10 Å². The van der Waals surface area contributed by atoms with E-state index in [1.165, 1.54) is 6.20 Å². The number of nitrogens with one attached hydrogen (secondary N) is 3. The molecule has 1 saturated carbocycles. The molecule has 1 aliphatic heterocycles. The fourth-order valence-electron chi connectivity index (χ4n) is 6.55. The average molecular weight is 678 g/mol. The van der Waals surface area contributed by atoms with Crippen LogP contribution in [0.4, 0.5) is 5.69 Å². The van der Waals surface area contributed by atoms with E-state index in [9.17, 15) is 19.2 Å². The van der Waals surface area contributed by atoms with Crippen molar-refractivity contribution in [2.45, 2.75) is 83.3 Å². The number of nitrogens with zero attached hydrogens (tertiary/aromatic N) is 6. The van der Waals surface area contributed by atoms with Gasteiger partial charge in [0, 0.05) is 50.0 Å². The molecule has 0 bridgehead atoms. The van der Waals surface area contributed by atoms with E-state index in [4.69, 9.17) is 0 Å². The second-order valence-corrected chi connectivity index (χ2v) is 14.0. The molecule has 1 saturated heterocycles. The van der Waals surface area contributed by atoms with E-state index < -0.39 is 18.0 Å². The summed E-state index contributed by atoms with van der Waals surface area (Å²) in [6.07, 6.45) is 9.01. The predicted octanol–water partition coefficient (Wildman–Crippen LogP) is 3.70. The Hall–Kier alpha value is -4.17. The van der Waals surface area contributed by atoms with Gasteiger partial charge >= 0.3 is 0 Å². The zero-order valence-electron chi connectivity index (χ0n) is 28.2. The van der Waals surface area contributed by atoms with Crippen LogP contribution in [0.5, 0.6) is 0 Å². The van der Waals surface area contributed by atoms with Crippen LogP contribution in [0.2, 0.25) is 0 Å². The molecule has 2 fully saturated rings. The van der Waals surface area contributed by atoms with Gasteiger partial charge in [0.15, 0.2) is 0 Å². The molecule has 3 aromatic rings. The Labute approximate surface area is 286 Å². The quantitative estimate of drug-likeness (QED) is 0.260. The van der Waals surface area contributed by atoms with Crippen molar-refractivity contribution in [3.63, 3.8) is 0 Å². The van der Waals surface area contributed by atoms with E-state index in [1.807, 2.05) is 40.0 Å². The molecule has 3 atom stereocenters. The number of amides is 4. The molecule has 2 aliphatic rings. The number of carbonyl (C=O) groups is 4. The highest BCUT2D eigenvalue weighted by atomic mass is 32.1. The summed E-state index contributed by atoms with van der Waals surface area (Å²) in [7, 11) is 2.02. The molecule has 3 N–H and O–H groups in total. The average Bonchev–Trinajstić information content (AvgIpc) is 3.75. The van der Waals surface area contributed by atoms with Gasteiger partial charge in [0.2, 0.25) is 11.8 Å². The van der Waals surface area contributed by atoms with Gasteiger partial charge in [-0.05, 0) is 74.9 Å². The Kier molecular flexibility index (Phi) is 11.9. The van der Waals surface area contributed by atoms with Crippen molar-refractivity contribution in [1.82, 2.24) is 39.8 Å². The summed E-state index contributed by atoms with van der Waals surface area (Å²) in [6.45, 7) is 8.52. The first-order chi connectivity index (χ1) is 23.1. The number of aromatic nitrogens is 4. The van der Waals surface area contributed by atoms with Crippen LogP contribution in [-0.2, 0) is 9.59 Å². The van der Waals surface area contributed by atoms with Gasteiger partial charge < -0.3 is 25.8 Å². The molecule has 1 aromatic carbocycles. The van der Waals surface area contributed by atoms with Gasteiger partial charge in [-0.2, -0.15) is 5.10 Å². The zero-order valence-corrected chi connectivity index (χ0v) is 29.0. The maximum Gasteiger partial charge on any atom is 0.270 e. The lowest BCUT2D eigenvalue weighted by molar-refractivity contribution is -0.135. The van der Waals surface area contributed by atoms with E-state index in [-0.39, 0.29) is 35.6 Å². The highest BCUT2D eigenvalue weighted by Crippen LogP contribution is 2.28. The molecular formula is C34H47N9O4S. The van der Waals surface area contributed by atoms with Gasteiger partial charge in [-0.3, -0.25) is 23.9 Å². The summed E-state index contributed by atoms with van der Waals surface area (Å²) in [6, 6.07) is 7.50. The first-order valence-corrected chi connectivity index (χ1v) is 17.7. The normalized spacial score (nSPS) is 18.1. The van der Waals surface area contributed by atoms with Gasteiger partial charge in [-0.1, -0.05) is 49.2 Å². The maximum absolute atomic E-state index is 13.8. The molecule has 14 heteroatoms. The van der Waals surface area contributed by atoms with E-state index >= 15 is 0 Å². The SMILES string of the molecule is CC(C)n1nccc1C(=O)N[C@H](C(=O)Nc1ccc([C@H](C)[C@@H](NC(=O)c2cnns2)C(=O)N2CCN(C)CC2)cc1)C1CCCCCC1. The van der Waals surface area contributed by atoms with Gasteiger partial charge in [0.25, 0.3) is 11.8 Å². The van der Waals surface area contributed by atoms with Gasteiger partial charge in [-0.25, -0.2) is 0 Å². The number of rotatable bonds is 11. The van der Waals surface area contributed by atoms with E-state index in [2.05, 4.69) is 35.5 Å². The Morgan fingerprint density at radius 3 is 2.19 bits per heavy atom. The molecule has 0 spiro atoms. The molecule has 3 heterocycles. The zero-order chi connectivity index (χ0) is 34.2. The summed E-state index contributed by atoms with van der Waals surface area (Å²) >= 11 is 0.978. The third-order valence-electron chi connectivity index (χ3n) is 9.49. The first kappa shape index (κ1) is 35.1. The molecule has 13 nitrogen and oxygen atoms in total. The summed E-state index contributed by atoms with van der Waals surface area (Å²) in [5, 5.41) is 17.1. The lowest BCUT2D eigenvalue weighted by atomic mass is 9.90. The minimum Gasteiger partial charge on any atom is -0.339 e. The Balaban J connectivity index is 1.31. The number of benzene rings is 1. The number of hydrogen-bond acceptors (Lipinski definition) is 9. The van der Waals surface area contributed by atoms with Crippen LogP contribution in [-0.4, -0.2) is 98.1 Å². The first-order valence-electron chi connectivity index (χ1n) is 16.9. The number of carbonyl (C=O) groups excluding carboxylic acids is 4. The number of likely N-dealkylation sites (N-methyl/N-ethyl adjacent to an activating group) is 1.